The maximum atomic E-state index is 12.8. The Bertz CT molecular complexity index is 896. The van der Waals surface area contributed by atoms with Crippen molar-refractivity contribution in [1.82, 2.24) is 10.2 Å². The van der Waals surface area contributed by atoms with Crippen molar-refractivity contribution in [3.05, 3.63) is 70.8 Å². The molecule has 0 spiro atoms. The molecule has 1 aliphatic heterocycles. The Morgan fingerprint density at radius 2 is 1.64 bits per heavy atom. The summed E-state index contributed by atoms with van der Waals surface area (Å²) in [5.41, 5.74) is 7.19. The van der Waals surface area contributed by atoms with Crippen LogP contribution < -0.4 is 11.1 Å². The third kappa shape index (κ3) is 3.55. The zero-order chi connectivity index (χ0) is 20.3. The minimum absolute atomic E-state index is 0.205. The maximum absolute atomic E-state index is 12.8. The number of rotatable bonds is 7. The van der Waals surface area contributed by atoms with Crippen LogP contribution in [0.25, 0.3) is 0 Å². The molecule has 3 amide bonds. The highest BCUT2D eigenvalue weighted by molar-refractivity contribution is 6.22. The van der Waals surface area contributed by atoms with Gasteiger partial charge in [-0.3, -0.25) is 19.3 Å². The fourth-order valence-corrected chi connectivity index (χ4v) is 3.42. The van der Waals surface area contributed by atoms with E-state index in [1.54, 1.807) is 12.1 Å². The Balaban J connectivity index is 1.84. The molecule has 1 aliphatic rings. The Morgan fingerprint density at radius 1 is 1.00 bits per heavy atom. The normalized spacial score (nSPS) is 13.6. The van der Waals surface area contributed by atoms with E-state index in [4.69, 9.17) is 5.73 Å². The number of imide groups is 1. The number of nitrogens with one attached hydrogen (secondary N) is 1. The van der Waals surface area contributed by atoms with Crippen molar-refractivity contribution in [1.29, 1.82) is 0 Å². The zero-order valence-electron chi connectivity index (χ0n) is 16.2. The van der Waals surface area contributed by atoms with Crippen molar-refractivity contribution < 1.29 is 14.4 Å². The van der Waals surface area contributed by atoms with Crippen molar-refractivity contribution in [2.75, 3.05) is 6.54 Å². The van der Waals surface area contributed by atoms with E-state index in [0.29, 0.717) is 30.5 Å². The molecular formula is C22H25N3O3. The molecule has 0 saturated heterocycles. The van der Waals surface area contributed by atoms with Gasteiger partial charge in [0.2, 0.25) is 0 Å². The van der Waals surface area contributed by atoms with Gasteiger partial charge in [-0.15, -0.1) is 0 Å². The number of nitrogens with two attached hydrogens (primary N) is 1. The quantitative estimate of drug-likeness (QED) is 0.724. The van der Waals surface area contributed by atoms with Crippen LogP contribution in [0.5, 0.6) is 0 Å². The first-order valence-corrected chi connectivity index (χ1v) is 9.51. The predicted octanol–water partition coefficient (Wildman–Crippen LogP) is 2.73. The molecule has 0 aliphatic carbocycles. The average Bonchev–Trinajstić information content (AvgIpc) is 2.97. The third-order valence-corrected chi connectivity index (χ3v) is 5.54. The van der Waals surface area contributed by atoms with Crippen molar-refractivity contribution in [2.24, 2.45) is 5.73 Å². The summed E-state index contributed by atoms with van der Waals surface area (Å²) in [6, 6.07) is 14.0. The molecule has 0 aromatic heterocycles. The molecule has 0 atom stereocenters. The molecule has 0 radical (unpaired) electrons. The minimum atomic E-state index is -0.477. The van der Waals surface area contributed by atoms with E-state index >= 15 is 0 Å². The van der Waals surface area contributed by atoms with Gasteiger partial charge in [0.05, 0.1) is 23.2 Å². The van der Waals surface area contributed by atoms with Crippen LogP contribution in [-0.4, -0.2) is 34.7 Å². The zero-order valence-corrected chi connectivity index (χ0v) is 16.2. The first-order valence-electron chi connectivity index (χ1n) is 9.51. The summed E-state index contributed by atoms with van der Waals surface area (Å²) < 4.78 is 0. The molecular weight excluding hydrogens is 354 g/mol. The highest BCUT2D eigenvalue weighted by atomic mass is 16.2. The van der Waals surface area contributed by atoms with Gasteiger partial charge in [0.1, 0.15) is 0 Å². The number of carbonyl (C=O) groups excluding carboxylic acids is 3. The fraction of sp³-hybridized carbons (Fsp3) is 0.318. The van der Waals surface area contributed by atoms with Crippen LogP contribution in [0, 0.1) is 0 Å². The van der Waals surface area contributed by atoms with E-state index in [1.165, 1.54) is 11.0 Å². The highest BCUT2D eigenvalue weighted by Crippen LogP contribution is 2.26. The lowest BCUT2D eigenvalue weighted by Gasteiger charge is -2.31. The van der Waals surface area contributed by atoms with Crippen LogP contribution >= 0.6 is 0 Å². The molecule has 6 nitrogen and oxygen atoms in total. The number of hydrogen-bond acceptors (Lipinski definition) is 4. The van der Waals surface area contributed by atoms with E-state index < -0.39 is 5.54 Å². The molecule has 2 aromatic carbocycles. The van der Waals surface area contributed by atoms with Gasteiger partial charge in [-0.1, -0.05) is 44.2 Å². The summed E-state index contributed by atoms with van der Waals surface area (Å²) >= 11 is 0. The summed E-state index contributed by atoms with van der Waals surface area (Å²) in [6.07, 6.45) is 1.41. The number of carbonyl (C=O) groups is 3. The summed E-state index contributed by atoms with van der Waals surface area (Å²) in [6.45, 7) is 4.49. The van der Waals surface area contributed by atoms with E-state index in [-0.39, 0.29) is 29.8 Å². The topological polar surface area (TPSA) is 92.5 Å². The summed E-state index contributed by atoms with van der Waals surface area (Å²) in [4.78, 5) is 39.4. The Kier molecular flexibility index (Phi) is 5.61. The van der Waals surface area contributed by atoms with Crippen molar-refractivity contribution in [2.45, 2.75) is 38.8 Å². The first kappa shape index (κ1) is 19.8. The SMILES string of the molecule is CCC(CC)(CN)NC(=O)c1ccc2c(c1)C(=O)N(Cc1ccccc1)C2=O. The number of fused-ring (bicyclic) bond motifs is 1. The largest absolute Gasteiger partial charge is 0.345 e. The molecule has 0 unspecified atom stereocenters. The number of hydrogen-bond donors (Lipinski definition) is 2. The van der Waals surface area contributed by atoms with Crippen LogP contribution in [0.1, 0.15) is 63.3 Å². The predicted molar refractivity (Wildman–Crippen MR) is 107 cm³/mol. The second-order valence-electron chi connectivity index (χ2n) is 7.09. The molecule has 0 fully saturated rings. The lowest BCUT2D eigenvalue weighted by molar-refractivity contribution is 0.0642. The highest BCUT2D eigenvalue weighted by Gasteiger charge is 2.36. The molecule has 0 bridgehead atoms. The molecule has 0 saturated carbocycles. The number of amides is 3. The average molecular weight is 379 g/mol. The van der Waals surface area contributed by atoms with Gasteiger partial charge in [0, 0.05) is 12.1 Å². The minimum Gasteiger partial charge on any atom is -0.345 e. The summed E-state index contributed by atoms with van der Waals surface area (Å²) in [5, 5.41) is 2.99. The molecule has 28 heavy (non-hydrogen) atoms. The van der Waals surface area contributed by atoms with E-state index in [2.05, 4.69) is 5.32 Å². The van der Waals surface area contributed by atoms with Gasteiger partial charge in [-0.2, -0.15) is 0 Å². The van der Waals surface area contributed by atoms with Gasteiger partial charge < -0.3 is 11.1 Å². The molecule has 3 N–H and O–H groups in total. The van der Waals surface area contributed by atoms with Crippen LogP contribution in [0.4, 0.5) is 0 Å². The monoisotopic (exact) mass is 379 g/mol. The first-order chi connectivity index (χ1) is 13.4. The van der Waals surface area contributed by atoms with Gasteiger partial charge in [-0.25, -0.2) is 0 Å². The number of benzene rings is 2. The lowest BCUT2D eigenvalue weighted by atomic mass is 9.92. The Labute approximate surface area is 164 Å². The van der Waals surface area contributed by atoms with Crippen LogP contribution in [0.2, 0.25) is 0 Å². The fourth-order valence-electron chi connectivity index (χ4n) is 3.42. The van der Waals surface area contributed by atoms with Crippen molar-refractivity contribution in [3.63, 3.8) is 0 Å². The molecule has 3 rings (SSSR count). The number of nitrogens with zero attached hydrogens (tertiary/aromatic N) is 1. The van der Waals surface area contributed by atoms with Gasteiger partial charge in [0.15, 0.2) is 0 Å². The summed E-state index contributed by atoms with van der Waals surface area (Å²) in [5.74, 6) is -1.01. The maximum Gasteiger partial charge on any atom is 0.261 e. The molecule has 6 heteroatoms. The van der Waals surface area contributed by atoms with Gasteiger partial charge in [0.25, 0.3) is 17.7 Å². The Hall–Kier alpha value is -2.99. The smallest absolute Gasteiger partial charge is 0.261 e. The van der Waals surface area contributed by atoms with Crippen molar-refractivity contribution in [3.8, 4) is 0 Å². The van der Waals surface area contributed by atoms with E-state index in [0.717, 1.165) is 5.56 Å². The Morgan fingerprint density at radius 3 is 2.25 bits per heavy atom. The van der Waals surface area contributed by atoms with Gasteiger partial charge >= 0.3 is 0 Å². The van der Waals surface area contributed by atoms with Crippen LogP contribution in [0.15, 0.2) is 48.5 Å². The second-order valence-corrected chi connectivity index (χ2v) is 7.09. The molecule has 146 valence electrons. The summed E-state index contributed by atoms with van der Waals surface area (Å²) in [7, 11) is 0. The van der Waals surface area contributed by atoms with E-state index in [9.17, 15) is 14.4 Å². The van der Waals surface area contributed by atoms with Crippen molar-refractivity contribution >= 4 is 17.7 Å². The standard InChI is InChI=1S/C22H25N3O3/c1-3-22(4-2,14-23)24-19(26)16-10-11-17-18(12-16)21(28)25(20(17)27)13-15-8-6-5-7-9-15/h5-12H,3-4,13-14,23H2,1-2H3,(H,24,26). The lowest BCUT2D eigenvalue weighted by Crippen LogP contribution is -2.52. The van der Waals surface area contributed by atoms with Gasteiger partial charge in [-0.05, 0) is 36.6 Å². The molecule has 2 aromatic rings. The second kappa shape index (κ2) is 7.94. The van der Waals surface area contributed by atoms with Crippen LogP contribution in [0.3, 0.4) is 0 Å². The molecule has 1 heterocycles. The third-order valence-electron chi connectivity index (χ3n) is 5.54. The van der Waals surface area contributed by atoms with Crippen LogP contribution in [-0.2, 0) is 6.54 Å². The van der Waals surface area contributed by atoms with E-state index in [1.807, 2.05) is 44.2 Å².